The predicted molar refractivity (Wildman–Crippen MR) is 83.7 cm³/mol. The van der Waals surface area contributed by atoms with Gasteiger partial charge in [-0.3, -0.25) is 19.6 Å². The van der Waals surface area contributed by atoms with Crippen molar-refractivity contribution in [3.8, 4) is 0 Å². The van der Waals surface area contributed by atoms with E-state index < -0.39 is 10.8 Å². The molecule has 2 rings (SSSR count). The van der Waals surface area contributed by atoms with E-state index >= 15 is 0 Å². The van der Waals surface area contributed by atoms with Gasteiger partial charge in [0.15, 0.2) is 0 Å². The average molecular weight is 321 g/mol. The molecule has 1 N–H and O–H groups in total. The van der Waals surface area contributed by atoms with E-state index in [0.29, 0.717) is 22.1 Å². The van der Waals surface area contributed by atoms with Crippen LogP contribution in [-0.4, -0.2) is 20.6 Å². The van der Waals surface area contributed by atoms with Gasteiger partial charge in [-0.25, -0.2) is 0 Å². The van der Waals surface area contributed by atoms with E-state index in [1.165, 1.54) is 29.0 Å². The van der Waals surface area contributed by atoms with E-state index in [9.17, 15) is 14.9 Å². The highest BCUT2D eigenvalue weighted by molar-refractivity contribution is 6.31. The van der Waals surface area contributed by atoms with E-state index in [-0.39, 0.29) is 5.69 Å². The maximum absolute atomic E-state index is 11.9. The summed E-state index contributed by atoms with van der Waals surface area (Å²) in [5.41, 5.74) is 1.61. The number of nitrogens with one attached hydrogen (secondary N) is 1. The first-order chi connectivity index (χ1) is 10.4. The summed E-state index contributed by atoms with van der Waals surface area (Å²) < 4.78 is 1.51. The van der Waals surface area contributed by atoms with Gasteiger partial charge < -0.3 is 5.32 Å². The zero-order chi connectivity index (χ0) is 16.3. The summed E-state index contributed by atoms with van der Waals surface area (Å²) in [4.78, 5) is 22.0. The van der Waals surface area contributed by atoms with Gasteiger partial charge in [0.1, 0.15) is 5.15 Å². The van der Waals surface area contributed by atoms with Crippen molar-refractivity contribution in [1.29, 1.82) is 0 Å². The van der Waals surface area contributed by atoms with Gasteiger partial charge in [-0.2, -0.15) is 5.10 Å². The molecule has 0 spiro atoms. The lowest BCUT2D eigenvalue weighted by Gasteiger charge is -2.01. The number of carbonyl (C=O) groups excluding carboxylic acids is 1. The number of anilines is 1. The van der Waals surface area contributed by atoms with E-state index in [2.05, 4.69) is 10.4 Å². The Labute approximate surface area is 131 Å². The van der Waals surface area contributed by atoms with Crippen LogP contribution in [0, 0.1) is 17.0 Å². The number of halogens is 1. The Morgan fingerprint density at radius 1 is 1.50 bits per heavy atom. The zero-order valence-electron chi connectivity index (χ0n) is 11.9. The summed E-state index contributed by atoms with van der Waals surface area (Å²) in [6.45, 7) is 1.78. The molecule has 1 aromatic carbocycles. The monoisotopic (exact) mass is 320 g/mol. The fourth-order valence-electron chi connectivity index (χ4n) is 1.88. The van der Waals surface area contributed by atoms with Crippen LogP contribution in [0.25, 0.3) is 6.08 Å². The summed E-state index contributed by atoms with van der Waals surface area (Å²) in [6, 6.07) is 5.71. The highest BCUT2D eigenvalue weighted by atomic mass is 35.5. The molecule has 0 bridgehead atoms. The third-order valence-corrected chi connectivity index (χ3v) is 3.37. The smallest absolute Gasteiger partial charge is 0.271 e. The van der Waals surface area contributed by atoms with Crippen LogP contribution in [-0.2, 0) is 11.8 Å². The first-order valence-electron chi connectivity index (χ1n) is 6.31. The molecule has 1 heterocycles. The Balaban J connectivity index is 2.11. The van der Waals surface area contributed by atoms with E-state index in [4.69, 9.17) is 11.6 Å². The molecule has 0 aliphatic rings. The molecule has 0 fully saturated rings. The lowest BCUT2D eigenvalue weighted by molar-refractivity contribution is -0.384. The third kappa shape index (κ3) is 3.50. The van der Waals surface area contributed by atoms with Crippen LogP contribution in [0.1, 0.15) is 11.3 Å². The first-order valence-corrected chi connectivity index (χ1v) is 6.69. The van der Waals surface area contributed by atoms with Crippen molar-refractivity contribution in [2.45, 2.75) is 6.92 Å². The molecule has 0 saturated carbocycles. The molecule has 22 heavy (non-hydrogen) atoms. The molecule has 114 valence electrons. The largest absolute Gasteiger partial charge is 0.322 e. The molecular weight excluding hydrogens is 308 g/mol. The molecule has 7 nitrogen and oxygen atoms in total. The van der Waals surface area contributed by atoms with Gasteiger partial charge in [-0.15, -0.1) is 0 Å². The SMILES string of the molecule is Cc1nn(C)c(Cl)c1/C=C/C(=O)Nc1cccc([N+](=O)[O-])c1. The highest BCUT2D eigenvalue weighted by Gasteiger charge is 2.09. The second-order valence-electron chi connectivity index (χ2n) is 4.54. The minimum atomic E-state index is -0.524. The second kappa shape index (κ2) is 6.40. The fraction of sp³-hybridized carbons (Fsp3) is 0.143. The number of benzene rings is 1. The Hall–Kier alpha value is -2.67. The minimum Gasteiger partial charge on any atom is -0.322 e. The lowest BCUT2D eigenvalue weighted by atomic mass is 10.2. The van der Waals surface area contributed by atoms with Gasteiger partial charge >= 0.3 is 0 Å². The molecule has 0 aliphatic carbocycles. The van der Waals surface area contributed by atoms with Gasteiger partial charge in [-0.05, 0) is 19.1 Å². The van der Waals surface area contributed by atoms with Gasteiger partial charge in [0.25, 0.3) is 5.69 Å². The number of carbonyl (C=O) groups is 1. The van der Waals surface area contributed by atoms with Crippen LogP contribution in [0.15, 0.2) is 30.3 Å². The minimum absolute atomic E-state index is 0.0899. The molecule has 8 heteroatoms. The van der Waals surface area contributed by atoms with Gasteiger partial charge in [0.2, 0.25) is 5.91 Å². The molecule has 0 saturated heterocycles. The maximum atomic E-state index is 11.9. The van der Waals surface area contributed by atoms with Crippen LogP contribution in [0.3, 0.4) is 0 Å². The van der Waals surface area contributed by atoms with Crippen molar-refractivity contribution in [3.05, 3.63) is 56.9 Å². The highest BCUT2D eigenvalue weighted by Crippen LogP contribution is 2.20. The molecule has 0 unspecified atom stereocenters. The number of nitro benzene ring substituents is 1. The van der Waals surface area contributed by atoms with Crippen LogP contribution in [0.2, 0.25) is 5.15 Å². The molecule has 1 aromatic heterocycles. The van der Waals surface area contributed by atoms with Crippen molar-refractivity contribution >= 4 is 35.0 Å². The van der Waals surface area contributed by atoms with Gasteiger partial charge in [-0.1, -0.05) is 17.7 Å². The number of rotatable bonds is 4. The molecule has 0 radical (unpaired) electrons. The van der Waals surface area contributed by atoms with Crippen molar-refractivity contribution in [1.82, 2.24) is 9.78 Å². The fourth-order valence-corrected chi connectivity index (χ4v) is 2.11. The van der Waals surface area contributed by atoms with Crippen LogP contribution >= 0.6 is 11.6 Å². The van der Waals surface area contributed by atoms with Gasteiger partial charge in [0.05, 0.1) is 10.6 Å². The first kappa shape index (κ1) is 15.7. The van der Waals surface area contributed by atoms with Crippen LogP contribution < -0.4 is 5.32 Å². The van der Waals surface area contributed by atoms with Gasteiger partial charge in [0, 0.05) is 36.5 Å². The zero-order valence-corrected chi connectivity index (χ0v) is 12.7. The number of hydrogen-bond donors (Lipinski definition) is 1. The number of hydrogen-bond acceptors (Lipinski definition) is 4. The average Bonchev–Trinajstić information content (AvgIpc) is 2.70. The number of aryl methyl sites for hydroxylation is 2. The Morgan fingerprint density at radius 3 is 2.82 bits per heavy atom. The third-order valence-electron chi connectivity index (χ3n) is 2.92. The number of nitrogens with zero attached hydrogens (tertiary/aromatic N) is 3. The van der Waals surface area contributed by atoms with E-state index in [1.807, 2.05) is 0 Å². The summed E-state index contributed by atoms with van der Waals surface area (Å²) in [5, 5.41) is 17.8. The maximum Gasteiger partial charge on any atom is 0.271 e. The molecule has 2 aromatic rings. The molecular formula is C14H13ClN4O3. The van der Waals surface area contributed by atoms with Crippen molar-refractivity contribution in [2.75, 3.05) is 5.32 Å². The normalized spacial score (nSPS) is 10.9. The van der Waals surface area contributed by atoms with Crippen LogP contribution in [0.5, 0.6) is 0 Å². The van der Waals surface area contributed by atoms with E-state index in [0.717, 1.165) is 0 Å². The summed E-state index contributed by atoms with van der Waals surface area (Å²) in [5.74, 6) is -0.417. The standard InChI is InChI=1S/C14H13ClN4O3/c1-9-12(14(15)18(2)17-9)6-7-13(20)16-10-4-3-5-11(8-10)19(21)22/h3-8H,1-2H3,(H,16,20)/b7-6+. The molecule has 1 amide bonds. The predicted octanol–water partition coefficient (Wildman–Crippen LogP) is 2.94. The summed E-state index contributed by atoms with van der Waals surface area (Å²) >= 11 is 6.06. The lowest BCUT2D eigenvalue weighted by Crippen LogP contribution is -2.07. The summed E-state index contributed by atoms with van der Waals surface area (Å²) in [6.07, 6.45) is 2.85. The Morgan fingerprint density at radius 2 is 2.23 bits per heavy atom. The topological polar surface area (TPSA) is 90.1 Å². The van der Waals surface area contributed by atoms with Crippen molar-refractivity contribution < 1.29 is 9.72 Å². The molecule has 0 atom stereocenters. The van der Waals surface area contributed by atoms with Crippen LogP contribution in [0.4, 0.5) is 11.4 Å². The molecule has 0 aliphatic heterocycles. The number of amides is 1. The van der Waals surface area contributed by atoms with Crippen molar-refractivity contribution in [3.63, 3.8) is 0 Å². The quantitative estimate of drug-likeness (QED) is 0.532. The van der Waals surface area contributed by atoms with E-state index in [1.54, 1.807) is 26.1 Å². The number of aromatic nitrogens is 2. The Bertz CT molecular complexity index is 767. The number of nitro groups is 1. The second-order valence-corrected chi connectivity index (χ2v) is 4.90. The Kier molecular flexibility index (Phi) is 4.57. The van der Waals surface area contributed by atoms with Crippen molar-refractivity contribution in [2.24, 2.45) is 7.05 Å². The number of non-ortho nitro benzene ring substituents is 1. The summed E-state index contributed by atoms with van der Waals surface area (Å²) in [7, 11) is 1.70.